The van der Waals surface area contributed by atoms with Crippen LogP contribution >= 0.6 is 12.2 Å². The second kappa shape index (κ2) is 4.65. The molecule has 0 bridgehead atoms. The molecular weight excluding hydrogens is 228 g/mol. The van der Waals surface area contributed by atoms with Gasteiger partial charge in [0.1, 0.15) is 4.99 Å². The molecule has 0 aromatic heterocycles. The van der Waals surface area contributed by atoms with Crippen LogP contribution in [0.4, 0.5) is 5.69 Å². The van der Waals surface area contributed by atoms with Crippen LogP contribution in [-0.2, 0) is 0 Å². The highest BCUT2D eigenvalue weighted by molar-refractivity contribution is 7.80. The predicted molar refractivity (Wildman–Crippen MR) is 77.6 cm³/mol. The average molecular weight is 248 g/mol. The van der Waals surface area contributed by atoms with Crippen LogP contribution in [0.15, 0.2) is 18.2 Å². The number of nitrogens with two attached hydrogens (primary N) is 1. The Kier molecular flexibility index (Phi) is 3.38. The molecule has 0 amide bonds. The summed E-state index contributed by atoms with van der Waals surface area (Å²) in [6.45, 7) is 4.34. The highest BCUT2D eigenvalue weighted by Gasteiger charge is 2.28. The van der Waals surface area contributed by atoms with Crippen LogP contribution in [0.5, 0.6) is 0 Å². The lowest BCUT2D eigenvalue weighted by Gasteiger charge is -2.28. The zero-order valence-corrected chi connectivity index (χ0v) is 11.4. The molecule has 1 aliphatic rings. The zero-order valence-electron chi connectivity index (χ0n) is 10.5. The Hall–Kier alpha value is -1.09. The predicted octanol–water partition coefficient (Wildman–Crippen LogP) is 3.37. The van der Waals surface area contributed by atoms with Crippen molar-refractivity contribution in [1.82, 2.24) is 0 Å². The molecule has 1 fully saturated rings. The molecule has 0 atom stereocenters. The molecule has 92 valence electrons. The summed E-state index contributed by atoms with van der Waals surface area (Å²) in [7, 11) is 0. The summed E-state index contributed by atoms with van der Waals surface area (Å²) in [5, 5.41) is 3.63. The maximum Gasteiger partial charge on any atom is 0.106 e. The molecule has 0 aliphatic heterocycles. The first kappa shape index (κ1) is 12.4. The van der Waals surface area contributed by atoms with Crippen molar-refractivity contribution in [2.45, 2.75) is 45.1 Å². The molecule has 0 saturated heterocycles. The lowest BCUT2D eigenvalue weighted by Crippen LogP contribution is -2.32. The monoisotopic (exact) mass is 248 g/mol. The van der Waals surface area contributed by atoms with Crippen molar-refractivity contribution in [1.29, 1.82) is 0 Å². The number of rotatable bonds is 3. The van der Waals surface area contributed by atoms with Crippen LogP contribution in [0.25, 0.3) is 0 Å². The SMILES string of the molecule is Cc1ccc(NC2(C)CCCC2)c(C(N)=S)c1. The summed E-state index contributed by atoms with van der Waals surface area (Å²) in [5.41, 5.74) is 9.23. The quantitative estimate of drug-likeness (QED) is 0.805. The van der Waals surface area contributed by atoms with E-state index in [1.165, 1.54) is 31.2 Å². The van der Waals surface area contributed by atoms with E-state index in [-0.39, 0.29) is 5.54 Å². The molecule has 0 spiro atoms. The van der Waals surface area contributed by atoms with Crippen LogP contribution in [0.3, 0.4) is 0 Å². The number of thiocarbonyl (C=S) groups is 1. The van der Waals surface area contributed by atoms with Crippen molar-refractivity contribution < 1.29 is 0 Å². The Balaban J connectivity index is 2.28. The van der Waals surface area contributed by atoms with Crippen molar-refractivity contribution >= 4 is 22.9 Å². The topological polar surface area (TPSA) is 38.0 Å². The summed E-state index contributed by atoms with van der Waals surface area (Å²) >= 11 is 5.12. The fraction of sp³-hybridized carbons (Fsp3) is 0.500. The first-order chi connectivity index (χ1) is 8.00. The molecule has 0 radical (unpaired) electrons. The number of hydrogen-bond acceptors (Lipinski definition) is 2. The van der Waals surface area contributed by atoms with Gasteiger partial charge in [-0.3, -0.25) is 0 Å². The third-order valence-corrected chi connectivity index (χ3v) is 3.80. The molecule has 2 nitrogen and oxygen atoms in total. The van der Waals surface area contributed by atoms with Crippen LogP contribution < -0.4 is 11.1 Å². The standard InChI is InChI=1S/C14H20N2S/c1-10-5-6-12(11(9-10)13(15)17)16-14(2)7-3-4-8-14/h5-6,9,16H,3-4,7-8H2,1-2H3,(H2,15,17). The Morgan fingerprint density at radius 1 is 1.35 bits per heavy atom. The molecular formula is C14H20N2S. The normalized spacial score (nSPS) is 18.0. The van der Waals surface area contributed by atoms with Crippen molar-refractivity contribution in [3.8, 4) is 0 Å². The summed E-state index contributed by atoms with van der Waals surface area (Å²) < 4.78 is 0. The molecule has 1 aromatic rings. The van der Waals surface area contributed by atoms with Crippen molar-refractivity contribution in [3.05, 3.63) is 29.3 Å². The second-order valence-corrected chi connectivity index (χ2v) is 5.75. The van der Waals surface area contributed by atoms with Crippen LogP contribution in [-0.4, -0.2) is 10.5 Å². The van der Waals surface area contributed by atoms with Gasteiger partial charge in [0, 0.05) is 16.8 Å². The fourth-order valence-electron chi connectivity index (χ4n) is 2.58. The van der Waals surface area contributed by atoms with Gasteiger partial charge in [0.25, 0.3) is 0 Å². The summed E-state index contributed by atoms with van der Waals surface area (Å²) in [6.07, 6.45) is 5.05. The van der Waals surface area contributed by atoms with Crippen molar-refractivity contribution in [2.75, 3.05) is 5.32 Å². The van der Waals surface area contributed by atoms with E-state index in [2.05, 4.69) is 37.4 Å². The number of aryl methyl sites for hydroxylation is 1. The maximum atomic E-state index is 5.79. The molecule has 3 heteroatoms. The van der Waals surface area contributed by atoms with Gasteiger partial charge in [0.2, 0.25) is 0 Å². The van der Waals surface area contributed by atoms with Crippen LogP contribution in [0.2, 0.25) is 0 Å². The molecule has 0 unspecified atom stereocenters. The van der Waals surface area contributed by atoms with Gasteiger partial charge >= 0.3 is 0 Å². The number of anilines is 1. The minimum atomic E-state index is 0.203. The number of hydrogen-bond donors (Lipinski definition) is 2. The Labute approximate surface area is 109 Å². The first-order valence-corrected chi connectivity index (χ1v) is 6.60. The van der Waals surface area contributed by atoms with Gasteiger partial charge in [-0.25, -0.2) is 0 Å². The molecule has 1 saturated carbocycles. The van der Waals surface area contributed by atoms with E-state index >= 15 is 0 Å². The summed E-state index contributed by atoms with van der Waals surface area (Å²) in [6, 6.07) is 6.25. The minimum absolute atomic E-state index is 0.203. The van der Waals surface area contributed by atoms with Crippen molar-refractivity contribution in [2.24, 2.45) is 5.73 Å². The van der Waals surface area contributed by atoms with E-state index in [1.54, 1.807) is 0 Å². The average Bonchev–Trinajstić information content (AvgIpc) is 2.67. The lowest BCUT2D eigenvalue weighted by atomic mass is 9.98. The highest BCUT2D eigenvalue weighted by atomic mass is 32.1. The third-order valence-electron chi connectivity index (χ3n) is 3.58. The molecule has 0 heterocycles. The Morgan fingerprint density at radius 2 is 2.00 bits per heavy atom. The van der Waals surface area contributed by atoms with E-state index < -0.39 is 0 Å². The van der Waals surface area contributed by atoms with Gasteiger partial charge in [-0.05, 0) is 38.8 Å². The van der Waals surface area contributed by atoms with E-state index in [4.69, 9.17) is 18.0 Å². The first-order valence-electron chi connectivity index (χ1n) is 6.19. The van der Waals surface area contributed by atoms with E-state index in [0.29, 0.717) is 4.99 Å². The van der Waals surface area contributed by atoms with Gasteiger partial charge in [-0.1, -0.05) is 36.7 Å². The van der Waals surface area contributed by atoms with E-state index in [0.717, 1.165) is 11.3 Å². The minimum Gasteiger partial charge on any atom is -0.389 e. The van der Waals surface area contributed by atoms with Gasteiger partial charge in [-0.2, -0.15) is 0 Å². The fourth-order valence-corrected chi connectivity index (χ4v) is 2.75. The number of nitrogens with one attached hydrogen (secondary N) is 1. The van der Waals surface area contributed by atoms with Gasteiger partial charge in [0.15, 0.2) is 0 Å². The molecule has 1 aromatic carbocycles. The zero-order chi connectivity index (χ0) is 12.5. The number of benzene rings is 1. The molecule has 17 heavy (non-hydrogen) atoms. The molecule has 2 rings (SSSR count). The van der Waals surface area contributed by atoms with Gasteiger partial charge in [-0.15, -0.1) is 0 Å². The molecule has 1 aliphatic carbocycles. The summed E-state index contributed by atoms with van der Waals surface area (Å²) in [5.74, 6) is 0. The van der Waals surface area contributed by atoms with Crippen molar-refractivity contribution in [3.63, 3.8) is 0 Å². The second-order valence-electron chi connectivity index (χ2n) is 5.31. The van der Waals surface area contributed by atoms with Gasteiger partial charge in [0.05, 0.1) is 0 Å². The molecule has 3 N–H and O–H groups in total. The lowest BCUT2D eigenvalue weighted by molar-refractivity contribution is 0.533. The van der Waals surface area contributed by atoms with Gasteiger partial charge < -0.3 is 11.1 Å². The van der Waals surface area contributed by atoms with E-state index in [1.807, 2.05) is 0 Å². The Bertz CT molecular complexity index is 434. The summed E-state index contributed by atoms with van der Waals surface area (Å²) in [4.78, 5) is 0.470. The maximum absolute atomic E-state index is 5.79. The Morgan fingerprint density at radius 3 is 2.59 bits per heavy atom. The third kappa shape index (κ3) is 2.78. The van der Waals surface area contributed by atoms with Crippen LogP contribution in [0, 0.1) is 6.92 Å². The highest BCUT2D eigenvalue weighted by Crippen LogP contribution is 2.33. The largest absolute Gasteiger partial charge is 0.389 e. The smallest absolute Gasteiger partial charge is 0.106 e. The van der Waals surface area contributed by atoms with E-state index in [9.17, 15) is 0 Å². The van der Waals surface area contributed by atoms with Crippen LogP contribution in [0.1, 0.15) is 43.7 Å².